The molecular weight excluding hydrogens is 450 g/mol. The van der Waals surface area contributed by atoms with Gasteiger partial charge >= 0.3 is 5.97 Å². The molecule has 1 amide bonds. The Kier molecular flexibility index (Phi) is 7.28. The SMILES string of the molecule is C[C@H]1[C@H](OC(=O)CCC(=O)NCCC2=CCCCC2)O[C@@H]2O[C@@]3(C)CC[C@H]4[C@H](C)CC[C@@H]1[C@@]24OO3. The van der Waals surface area contributed by atoms with Gasteiger partial charge in [-0.05, 0) is 70.1 Å². The van der Waals surface area contributed by atoms with Crippen molar-refractivity contribution in [2.75, 3.05) is 6.54 Å². The van der Waals surface area contributed by atoms with Crippen LogP contribution in [0, 0.1) is 23.7 Å². The maximum absolute atomic E-state index is 12.7. The number of carbonyl (C=O) groups is 2. The van der Waals surface area contributed by atoms with Crippen LogP contribution in [0.4, 0.5) is 0 Å². The fourth-order valence-corrected chi connectivity index (χ4v) is 6.99. The molecule has 0 aromatic rings. The summed E-state index contributed by atoms with van der Waals surface area (Å²) in [5, 5.41) is 2.93. The molecule has 1 N–H and O–H groups in total. The normalized spacial score (nSPS) is 42.4. The van der Waals surface area contributed by atoms with Gasteiger partial charge in [0.1, 0.15) is 0 Å². The van der Waals surface area contributed by atoms with Gasteiger partial charge in [0.15, 0.2) is 11.9 Å². The minimum atomic E-state index is -0.863. The molecule has 6 aliphatic rings. The van der Waals surface area contributed by atoms with Crippen LogP contribution in [0.3, 0.4) is 0 Å². The summed E-state index contributed by atoms with van der Waals surface area (Å²) >= 11 is 0. The van der Waals surface area contributed by atoms with Crippen molar-refractivity contribution < 1.29 is 33.6 Å². The van der Waals surface area contributed by atoms with Crippen LogP contribution in [0.1, 0.15) is 91.4 Å². The van der Waals surface area contributed by atoms with E-state index >= 15 is 0 Å². The largest absolute Gasteiger partial charge is 0.435 e. The van der Waals surface area contributed by atoms with Crippen LogP contribution in [-0.4, -0.2) is 42.4 Å². The highest BCUT2D eigenvalue weighted by Gasteiger charge is 2.69. The van der Waals surface area contributed by atoms with E-state index in [-0.39, 0.29) is 36.5 Å². The Balaban J connectivity index is 1.15. The van der Waals surface area contributed by atoms with Crippen molar-refractivity contribution in [3.63, 3.8) is 0 Å². The summed E-state index contributed by atoms with van der Waals surface area (Å²) in [7, 11) is 0. The Morgan fingerprint density at radius 1 is 1.11 bits per heavy atom. The van der Waals surface area contributed by atoms with E-state index in [4.69, 9.17) is 24.0 Å². The lowest BCUT2D eigenvalue weighted by molar-refractivity contribution is -0.576. The molecule has 0 aromatic carbocycles. The van der Waals surface area contributed by atoms with Gasteiger partial charge in [-0.25, -0.2) is 9.78 Å². The highest BCUT2D eigenvalue weighted by molar-refractivity contribution is 5.81. The summed E-state index contributed by atoms with van der Waals surface area (Å²) in [6.45, 7) is 6.81. The zero-order valence-electron chi connectivity index (χ0n) is 21.4. The Morgan fingerprint density at radius 3 is 2.77 bits per heavy atom. The number of ether oxygens (including phenoxy) is 3. The van der Waals surface area contributed by atoms with Crippen LogP contribution in [0.5, 0.6) is 0 Å². The molecule has 8 nitrogen and oxygen atoms in total. The van der Waals surface area contributed by atoms with Gasteiger partial charge in [0.05, 0.1) is 6.42 Å². The second-order valence-electron chi connectivity index (χ2n) is 11.5. The molecule has 0 unspecified atom stereocenters. The van der Waals surface area contributed by atoms with Crippen molar-refractivity contribution in [2.24, 2.45) is 23.7 Å². The van der Waals surface area contributed by atoms with Crippen LogP contribution < -0.4 is 5.32 Å². The number of nitrogens with one attached hydrogen (secondary N) is 1. The molecule has 8 atom stereocenters. The molecule has 2 bridgehead atoms. The Morgan fingerprint density at radius 2 is 1.97 bits per heavy atom. The third-order valence-electron chi connectivity index (χ3n) is 9.05. The first-order valence-electron chi connectivity index (χ1n) is 13.6. The number of rotatable bonds is 7. The number of fused-ring (bicyclic) bond motifs is 2. The van der Waals surface area contributed by atoms with Crippen LogP contribution in [0.25, 0.3) is 0 Å². The van der Waals surface area contributed by atoms with E-state index in [0.29, 0.717) is 12.5 Å². The van der Waals surface area contributed by atoms with E-state index in [9.17, 15) is 9.59 Å². The van der Waals surface area contributed by atoms with Gasteiger partial charge in [-0.15, -0.1) is 0 Å². The number of esters is 1. The second kappa shape index (κ2) is 10.1. The lowest BCUT2D eigenvalue weighted by Gasteiger charge is -2.59. The topological polar surface area (TPSA) is 92.3 Å². The number of hydrogen-bond donors (Lipinski definition) is 1. The van der Waals surface area contributed by atoms with E-state index in [1.165, 1.54) is 18.4 Å². The van der Waals surface area contributed by atoms with Gasteiger partial charge < -0.3 is 19.5 Å². The smallest absolute Gasteiger partial charge is 0.308 e. The Labute approximate surface area is 208 Å². The van der Waals surface area contributed by atoms with Crippen molar-refractivity contribution >= 4 is 11.9 Å². The van der Waals surface area contributed by atoms with Crippen LogP contribution in [0.15, 0.2) is 11.6 Å². The van der Waals surface area contributed by atoms with E-state index < -0.39 is 29.9 Å². The van der Waals surface area contributed by atoms with Crippen molar-refractivity contribution in [1.29, 1.82) is 0 Å². The van der Waals surface area contributed by atoms with Crippen molar-refractivity contribution in [3.8, 4) is 0 Å². The molecule has 4 saturated heterocycles. The van der Waals surface area contributed by atoms with Gasteiger partial charge in [-0.1, -0.05) is 25.5 Å². The first-order valence-corrected chi connectivity index (χ1v) is 13.6. The van der Waals surface area contributed by atoms with Gasteiger partial charge in [0, 0.05) is 31.2 Å². The molecule has 196 valence electrons. The predicted octanol–water partition coefficient (Wildman–Crippen LogP) is 4.52. The standard InChI is InChI=1S/C27H41NO7/c1-17-9-10-21-18(2)24(32-25-27(21)20(17)13-15-26(3,33-25)34-35-27)31-23(30)12-11-22(29)28-16-14-19-7-5-4-6-8-19/h7,17-18,20-21,24-25H,4-6,8-16H2,1-3H3,(H,28,29)/t17-,18-,20+,21+,24-,25-,26-,27-/m1/s1. The van der Waals surface area contributed by atoms with E-state index in [0.717, 1.165) is 44.9 Å². The summed E-state index contributed by atoms with van der Waals surface area (Å²) in [4.78, 5) is 36.9. The molecule has 6 rings (SSSR count). The number of allylic oxidation sites excluding steroid dienone is 1. The number of amides is 1. The van der Waals surface area contributed by atoms with Crippen LogP contribution in [0.2, 0.25) is 0 Å². The molecule has 8 heteroatoms. The zero-order chi connectivity index (χ0) is 24.6. The number of hydrogen-bond acceptors (Lipinski definition) is 7. The highest BCUT2D eigenvalue weighted by atomic mass is 17.3. The molecule has 4 aliphatic heterocycles. The first kappa shape index (κ1) is 25.2. The highest BCUT2D eigenvalue weighted by Crippen LogP contribution is 2.60. The monoisotopic (exact) mass is 491 g/mol. The summed E-state index contributed by atoms with van der Waals surface area (Å²) in [6.07, 6.45) is 10.4. The predicted molar refractivity (Wildman–Crippen MR) is 126 cm³/mol. The van der Waals surface area contributed by atoms with E-state index in [1.807, 2.05) is 6.92 Å². The lowest BCUT2D eigenvalue weighted by atomic mass is 9.58. The number of carbonyl (C=O) groups excluding carboxylic acids is 2. The van der Waals surface area contributed by atoms with Crippen LogP contribution in [-0.2, 0) is 33.6 Å². The molecule has 1 saturated carbocycles. The van der Waals surface area contributed by atoms with Crippen molar-refractivity contribution in [1.82, 2.24) is 5.32 Å². The zero-order valence-corrected chi connectivity index (χ0v) is 21.4. The lowest BCUT2D eigenvalue weighted by Crippen LogP contribution is -2.70. The van der Waals surface area contributed by atoms with Gasteiger partial charge in [-0.3, -0.25) is 9.59 Å². The third-order valence-corrected chi connectivity index (χ3v) is 9.05. The van der Waals surface area contributed by atoms with Gasteiger partial charge in [0.2, 0.25) is 18.0 Å². The van der Waals surface area contributed by atoms with Crippen molar-refractivity contribution in [3.05, 3.63) is 11.6 Å². The quantitative estimate of drug-likeness (QED) is 0.318. The minimum absolute atomic E-state index is 0.0272. The molecular formula is C27H41NO7. The second-order valence-corrected chi connectivity index (χ2v) is 11.5. The molecule has 0 radical (unpaired) electrons. The summed E-state index contributed by atoms with van der Waals surface area (Å²) in [5.74, 6) is -0.643. The van der Waals surface area contributed by atoms with Crippen molar-refractivity contribution in [2.45, 2.75) is 115 Å². The minimum Gasteiger partial charge on any atom is -0.435 e. The molecule has 2 aliphatic carbocycles. The summed E-state index contributed by atoms with van der Waals surface area (Å²) in [5.41, 5.74) is 0.748. The third kappa shape index (κ3) is 4.91. The van der Waals surface area contributed by atoms with E-state index in [2.05, 4.69) is 25.2 Å². The molecule has 5 fully saturated rings. The fourth-order valence-electron chi connectivity index (χ4n) is 6.99. The average molecular weight is 492 g/mol. The molecule has 0 aromatic heterocycles. The van der Waals surface area contributed by atoms with Crippen LogP contribution >= 0.6 is 0 Å². The summed E-state index contributed by atoms with van der Waals surface area (Å²) < 4.78 is 18.4. The van der Waals surface area contributed by atoms with E-state index in [1.54, 1.807) is 0 Å². The Bertz CT molecular complexity index is 845. The molecule has 1 spiro atoms. The maximum Gasteiger partial charge on any atom is 0.308 e. The van der Waals surface area contributed by atoms with Gasteiger partial charge in [-0.2, -0.15) is 0 Å². The Hall–Kier alpha value is -1.48. The first-order chi connectivity index (χ1) is 16.8. The average Bonchev–Trinajstić information content (AvgIpc) is 3.07. The molecule has 4 heterocycles. The molecule has 35 heavy (non-hydrogen) atoms. The fraction of sp³-hybridized carbons (Fsp3) is 0.852. The maximum atomic E-state index is 12.7. The van der Waals surface area contributed by atoms with Gasteiger partial charge in [0.25, 0.3) is 0 Å². The summed E-state index contributed by atoms with van der Waals surface area (Å²) in [6, 6.07) is 0.